The first-order valence-corrected chi connectivity index (χ1v) is 7.31. The summed E-state index contributed by atoms with van der Waals surface area (Å²) < 4.78 is 11.3. The van der Waals surface area contributed by atoms with Gasteiger partial charge in [-0.3, -0.25) is 5.43 Å². The molecule has 8 heteroatoms. The van der Waals surface area contributed by atoms with E-state index in [-0.39, 0.29) is 24.3 Å². The molecule has 0 aliphatic carbocycles. The number of nitrogens with two attached hydrogens (primary N) is 1. The summed E-state index contributed by atoms with van der Waals surface area (Å²) in [5.41, 5.74) is 2.46. The molecular formula is C13H24N6O2. The van der Waals surface area contributed by atoms with Crippen molar-refractivity contribution in [3.05, 3.63) is 0 Å². The molecule has 2 atom stereocenters. The highest BCUT2D eigenvalue weighted by molar-refractivity contribution is 5.39. The van der Waals surface area contributed by atoms with Crippen molar-refractivity contribution < 1.29 is 9.47 Å². The minimum atomic E-state index is -0.0172. The Morgan fingerprint density at radius 3 is 2.81 bits per heavy atom. The molecule has 2 rings (SSSR count). The second-order valence-electron chi connectivity index (χ2n) is 5.41. The smallest absolute Gasteiger partial charge is 0.323 e. The molecular weight excluding hydrogens is 272 g/mol. The third kappa shape index (κ3) is 3.92. The first-order chi connectivity index (χ1) is 10.0. The highest BCUT2D eigenvalue weighted by Crippen LogP contribution is 2.22. The van der Waals surface area contributed by atoms with E-state index in [1.54, 1.807) is 0 Å². The number of nitrogen functional groups attached to an aromatic ring is 1. The van der Waals surface area contributed by atoms with Crippen LogP contribution in [0.15, 0.2) is 0 Å². The lowest BCUT2D eigenvalue weighted by Gasteiger charge is -2.38. The number of ether oxygens (including phenoxy) is 2. The van der Waals surface area contributed by atoms with Crippen LogP contribution in [0.4, 0.5) is 11.9 Å². The first-order valence-electron chi connectivity index (χ1n) is 7.31. The Labute approximate surface area is 125 Å². The zero-order valence-corrected chi connectivity index (χ0v) is 13.0. The molecule has 1 saturated heterocycles. The fourth-order valence-electron chi connectivity index (χ4n) is 2.23. The number of aromatic nitrogens is 3. The van der Waals surface area contributed by atoms with Crippen molar-refractivity contribution >= 4 is 11.9 Å². The van der Waals surface area contributed by atoms with Gasteiger partial charge in [-0.25, -0.2) is 5.84 Å². The molecule has 0 spiro atoms. The van der Waals surface area contributed by atoms with E-state index in [9.17, 15) is 0 Å². The quantitative estimate of drug-likeness (QED) is 0.612. The number of nitrogens with one attached hydrogen (secondary N) is 1. The Balaban J connectivity index is 2.31. The van der Waals surface area contributed by atoms with Gasteiger partial charge in [0.05, 0.1) is 24.9 Å². The van der Waals surface area contributed by atoms with E-state index in [0.29, 0.717) is 18.5 Å². The van der Waals surface area contributed by atoms with Gasteiger partial charge in [-0.1, -0.05) is 6.92 Å². The standard InChI is InChI=1S/C13H24N6O2/c1-5-10-7-20-9(4)6-19(10)12-15-11(18-14)16-13(17-12)21-8(2)3/h8-10H,5-7,14H2,1-4H3,(H,15,16,17,18). The second kappa shape index (κ2) is 6.86. The molecule has 1 aromatic heterocycles. The molecule has 1 aliphatic rings. The van der Waals surface area contributed by atoms with Gasteiger partial charge in [0.15, 0.2) is 0 Å². The molecule has 0 bridgehead atoms. The molecule has 118 valence electrons. The van der Waals surface area contributed by atoms with Crippen LogP contribution in [0, 0.1) is 0 Å². The minimum absolute atomic E-state index is 0.0172. The Morgan fingerprint density at radius 2 is 2.19 bits per heavy atom. The molecule has 0 aromatic carbocycles. The SMILES string of the molecule is CCC1COC(C)CN1c1nc(NN)nc(OC(C)C)n1. The second-order valence-corrected chi connectivity index (χ2v) is 5.41. The summed E-state index contributed by atoms with van der Waals surface area (Å²) in [6.45, 7) is 9.39. The van der Waals surface area contributed by atoms with Gasteiger partial charge in [0.25, 0.3) is 0 Å². The van der Waals surface area contributed by atoms with Gasteiger partial charge in [0.2, 0.25) is 11.9 Å². The summed E-state index contributed by atoms with van der Waals surface area (Å²) in [5, 5.41) is 0. The maximum absolute atomic E-state index is 5.70. The predicted molar refractivity (Wildman–Crippen MR) is 80.2 cm³/mol. The fraction of sp³-hybridized carbons (Fsp3) is 0.769. The van der Waals surface area contributed by atoms with Crippen LogP contribution in [0.5, 0.6) is 6.01 Å². The van der Waals surface area contributed by atoms with Crippen LogP contribution in [0.25, 0.3) is 0 Å². The molecule has 1 aromatic rings. The molecule has 3 N–H and O–H groups in total. The molecule has 21 heavy (non-hydrogen) atoms. The van der Waals surface area contributed by atoms with Crippen LogP contribution in [-0.4, -0.2) is 46.4 Å². The van der Waals surface area contributed by atoms with Gasteiger partial charge < -0.3 is 14.4 Å². The lowest BCUT2D eigenvalue weighted by atomic mass is 10.1. The number of rotatable bonds is 5. The summed E-state index contributed by atoms with van der Waals surface area (Å²) in [7, 11) is 0. The van der Waals surface area contributed by atoms with Crippen molar-refractivity contribution in [1.82, 2.24) is 15.0 Å². The molecule has 1 fully saturated rings. The Morgan fingerprint density at radius 1 is 1.43 bits per heavy atom. The summed E-state index contributed by atoms with van der Waals surface area (Å²) >= 11 is 0. The van der Waals surface area contributed by atoms with E-state index >= 15 is 0 Å². The van der Waals surface area contributed by atoms with Crippen molar-refractivity contribution in [1.29, 1.82) is 0 Å². The summed E-state index contributed by atoms with van der Waals surface area (Å²) in [5.74, 6) is 6.30. The van der Waals surface area contributed by atoms with Gasteiger partial charge in [0, 0.05) is 6.54 Å². The van der Waals surface area contributed by atoms with Crippen molar-refractivity contribution in [3.8, 4) is 6.01 Å². The molecule has 0 amide bonds. The van der Waals surface area contributed by atoms with E-state index in [0.717, 1.165) is 13.0 Å². The molecule has 8 nitrogen and oxygen atoms in total. The number of anilines is 2. The zero-order chi connectivity index (χ0) is 15.4. The van der Waals surface area contributed by atoms with Gasteiger partial charge in [-0.15, -0.1) is 0 Å². The minimum Gasteiger partial charge on any atom is -0.461 e. The number of hydrazine groups is 1. The predicted octanol–water partition coefficient (Wildman–Crippen LogP) is 0.948. The van der Waals surface area contributed by atoms with E-state index in [2.05, 4.69) is 32.2 Å². The normalized spacial score (nSPS) is 22.5. The van der Waals surface area contributed by atoms with Crippen LogP contribution in [-0.2, 0) is 4.74 Å². The lowest BCUT2D eigenvalue weighted by molar-refractivity contribution is 0.0291. The molecule has 1 aliphatic heterocycles. The molecule has 2 heterocycles. The van der Waals surface area contributed by atoms with Crippen LogP contribution in [0.3, 0.4) is 0 Å². The van der Waals surface area contributed by atoms with E-state index in [4.69, 9.17) is 15.3 Å². The average molecular weight is 296 g/mol. The molecule has 0 radical (unpaired) electrons. The first kappa shape index (κ1) is 15.7. The van der Waals surface area contributed by atoms with Gasteiger partial charge >= 0.3 is 6.01 Å². The summed E-state index contributed by atoms with van der Waals surface area (Å²) in [6.07, 6.45) is 1.06. The maximum Gasteiger partial charge on any atom is 0.323 e. The largest absolute Gasteiger partial charge is 0.461 e. The topological polar surface area (TPSA) is 98.4 Å². The van der Waals surface area contributed by atoms with Gasteiger partial charge in [0.1, 0.15) is 0 Å². The highest BCUT2D eigenvalue weighted by atomic mass is 16.5. The summed E-state index contributed by atoms with van der Waals surface area (Å²) in [4.78, 5) is 15.0. The Hall–Kier alpha value is -1.67. The third-order valence-corrected chi connectivity index (χ3v) is 3.27. The molecule has 2 unspecified atom stereocenters. The lowest BCUT2D eigenvalue weighted by Crippen LogP contribution is -2.49. The van der Waals surface area contributed by atoms with Crippen LogP contribution >= 0.6 is 0 Å². The van der Waals surface area contributed by atoms with Crippen LogP contribution in [0.2, 0.25) is 0 Å². The zero-order valence-electron chi connectivity index (χ0n) is 13.0. The van der Waals surface area contributed by atoms with Gasteiger partial charge in [-0.05, 0) is 27.2 Å². The number of nitrogens with zero attached hydrogens (tertiary/aromatic N) is 4. The van der Waals surface area contributed by atoms with Gasteiger partial charge in [-0.2, -0.15) is 15.0 Å². The van der Waals surface area contributed by atoms with Crippen molar-refractivity contribution in [3.63, 3.8) is 0 Å². The van der Waals surface area contributed by atoms with Crippen molar-refractivity contribution in [2.24, 2.45) is 5.84 Å². The van der Waals surface area contributed by atoms with Crippen molar-refractivity contribution in [2.45, 2.75) is 52.4 Å². The monoisotopic (exact) mass is 296 g/mol. The van der Waals surface area contributed by atoms with E-state index in [1.165, 1.54) is 0 Å². The van der Waals surface area contributed by atoms with Crippen LogP contribution in [0.1, 0.15) is 34.1 Å². The third-order valence-electron chi connectivity index (χ3n) is 3.27. The fourth-order valence-corrected chi connectivity index (χ4v) is 2.23. The molecule has 0 saturated carbocycles. The van der Waals surface area contributed by atoms with Crippen LogP contribution < -0.4 is 20.9 Å². The highest BCUT2D eigenvalue weighted by Gasteiger charge is 2.28. The van der Waals surface area contributed by atoms with E-state index < -0.39 is 0 Å². The van der Waals surface area contributed by atoms with E-state index in [1.807, 2.05) is 20.8 Å². The number of hydrogen-bond acceptors (Lipinski definition) is 8. The summed E-state index contributed by atoms with van der Waals surface area (Å²) in [6, 6.07) is 0.512. The maximum atomic E-state index is 5.70. The Bertz CT molecular complexity index is 470. The number of morpholine rings is 1. The van der Waals surface area contributed by atoms with Crippen molar-refractivity contribution in [2.75, 3.05) is 23.5 Å². The average Bonchev–Trinajstić information content (AvgIpc) is 2.46. The Kier molecular flexibility index (Phi) is 5.13. The number of hydrogen-bond donors (Lipinski definition) is 2.